The standard InChI is InChI=1S/C14H22N5O6PS/c1-7(2)25-12(21)8(3)18-26(23)24-5-10-9(20)4-11(27-10)19-6-16-13(15)17-14(19)22/h6-11,20H,4-5H2,1-3H3,(H2-,15,17,18,22,23)/p+1/t8-,9?,10?,11+/m0/s1. The van der Waals surface area contributed by atoms with Gasteiger partial charge in [-0.25, -0.2) is 9.78 Å². The number of anilines is 1. The summed E-state index contributed by atoms with van der Waals surface area (Å²) in [6.45, 7) is 4.92. The fourth-order valence-electron chi connectivity index (χ4n) is 2.31. The van der Waals surface area contributed by atoms with Crippen LogP contribution in [0.4, 0.5) is 5.95 Å². The molecule has 0 aromatic carbocycles. The Kier molecular flexibility index (Phi) is 7.68. The Morgan fingerprint density at radius 1 is 1.56 bits per heavy atom. The molecule has 1 aromatic heterocycles. The molecule has 3 unspecified atom stereocenters. The first-order valence-corrected chi connectivity index (χ1v) is 10.4. The Bertz CT molecular complexity index is 747. The number of nitrogens with zero attached hydrogens (tertiary/aromatic N) is 3. The van der Waals surface area contributed by atoms with Crippen LogP contribution in [0.3, 0.4) is 0 Å². The fraction of sp³-hybridized carbons (Fsp3) is 0.714. The summed E-state index contributed by atoms with van der Waals surface area (Å²) in [5.74, 6) is -0.650. The maximum atomic E-state index is 12.0. The van der Waals surface area contributed by atoms with Crippen molar-refractivity contribution in [2.24, 2.45) is 0 Å². The molecule has 0 spiro atoms. The molecule has 5 atom stereocenters. The minimum absolute atomic E-state index is 0.0267. The first-order chi connectivity index (χ1) is 12.7. The zero-order valence-electron chi connectivity index (χ0n) is 15.1. The van der Waals surface area contributed by atoms with E-state index in [-0.39, 0.29) is 30.5 Å². The maximum Gasteiger partial charge on any atom is 0.613 e. The van der Waals surface area contributed by atoms with Crippen LogP contribution in [0.25, 0.3) is 0 Å². The lowest BCUT2D eigenvalue weighted by Crippen LogP contribution is -2.33. The first kappa shape index (κ1) is 21.7. The predicted octanol–water partition coefficient (Wildman–Crippen LogP) is 0.189. The summed E-state index contributed by atoms with van der Waals surface area (Å²) in [6.07, 6.45) is 0.523. The van der Waals surface area contributed by atoms with Gasteiger partial charge in [-0.3, -0.25) is 9.36 Å². The van der Waals surface area contributed by atoms with Crippen LogP contribution in [0.1, 0.15) is 32.6 Å². The molecule has 1 saturated heterocycles. The molecule has 2 rings (SSSR count). The Morgan fingerprint density at radius 3 is 2.89 bits per heavy atom. The predicted molar refractivity (Wildman–Crippen MR) is 99.1 cm³/mol. The van der Waals surface area contributed by atoms with Crippen molar-refractivity contribution in [2.45, 2.75) is 56.1 Å². The quantitative estimate of drug-likeness (QED) is 0.389. The third-order valence-electron chi connectivity index (χ3n) is 3.62. The van der Waals surface area contributed by atoms with Gasteiger partial charge in [0.25, 0.3) is 0 Å². The van der Waals surface area contributed by atoms with Gasteiger partial charge in [0.15, 0.2) is 0 Å². The number of hydrogen-bond acceptors (Lipinski definition) is 10. The van der Waals surface area contributed by atoms with Gasteiger partial charge >= 0.3 is 19.8 Å². The van der Waals surface area contributed by atoms with Crippen molar-refractivity contribution < 1.29 is 23.7 Å². The number of thioether (sulfide) groups is 1. The lowest BCUT2D eigenvalue weighted by molar-refractivity contribution is -0.149. The van der Waals surface area contributed by atoms with Crippen LogP contribution in [0, 0.1) is 0 Å². The summed E-state index contributed by atoms with van der Waals surface area (Å²) in [5.41, 5.74) is 4.81. The monoisotopic (exact) mass is 420 g/mol. The number of aliphatic hydroxyl groups is 1. The lowest BCUT2D eigenvalue weighted by atomic mass is 10.2. The van der Waals surface area contributed by atoms with Gasteiger partial charge in [0.1, 0.15) is 19.0 Å². The van der Waals surface area contributed by atoms with E-state index in [1.54, 1.807) is 13.8 Å². The van der Waals surface area contributed by atoms with E-state index < -0.39 is 37.2 Å². The number of esters is 1. The zero-order valence-corrected chi connectivity index (χ0v) is 16.9. The molecule has 13 heteroatoms. The van der Waals surface area contributed by atoms with Crippen LogP contribution in [0.15, 0.2) is 11.1 Å². The van der Waals surface area contributed by atoms with E-state index in [0.717, 1.165) is 0 Å². The van der Waals surface area contributed by atoms with Crippen molar-refractivity contribution in [1.82, 2.24) is 19.6 Å². The first-order valence-electron chi connectivity index (χ1n) is 8.28. The van der Waals surface area contributed by atoms with Gasteiger partial charge in [-0.15, -0.1) is 16.3 Å². The molecule has 11 nitrogen and oxygen atoms in total. The van der Waals surface area contributed by atoms with Gasteiger partial charge in [0, 0.05) is 6.42 Å². The van der Waals surface area contributed by atoms with E-state index in [1.165, 1.54) is 29.6 Å². The summed E-state index contributed by atoms with van der Waals surface area (Å²) in [7, 11) is -2.33. The third-order valence-corrected chi connectivity index (χ3v) is 6.14. The van der Waals surface area contributed by atoms with Gasteiger partial charge in [-0.1, -0.05) is 5.09 Å². The number of nitrogens with one attached hydrogen (secondary N) is 1. The molecule has 2 heterocycles. The van der Waals surface area contributed by atoms with Crippen LogP contribution >= 0.6 is 19.9 Å². The maximum absolute atomic E-state index is 12.0. The molecule has 0 aliphatic carbocycles. The highest BCUT2D eigenvalue weighted by Crippen LogP contribution is 2.41. The topological polar surface area (TPSA) is 159 Å². The largest absolute Gasteiger partial charge is 0.613 e. The van der Waals surface area contributed by atoms with Crippen LogP contribution in [-0.4, -0.2) is 55.7 Å². The SMILES string of the molecule is CC(C)OC(=O)[C@H](C)N[P+](=O)OCC1S[C@@H](n2cnc(N)nc2=O)CC1O. The summed E-state index contributed by atoms with van der Waals surface area (Å²) in [4.78, 5) is 30.9. The molecule has 0 radical (unpaired) electrons. The van der Waals surface area contributed by atoms with E-state index in [4.69, 9.17) is 15.0 Å². The van der Waals surface area contributed by atoms with Crippen LogP contribution in [0.5, 0.6) is 0 Å². The second kappa shape index (κ2) is 9.56. The van der Waals surface area contributed by atoms with Crippen LogP contribution in [-0.2, 0) is 18.6 Å². The molecule has 0 amide bonds. The molecular formula is C14H23N5O6PS+. The smallest absolute Gasteiger partial charge is 0.462 e. The number of ether oxygens (including phenoxy) is 1. The molecule has 0 bridgehead atoms. The zero-order chi connectivity index (χ0) is 20.1. The molecule has 0 saturated carbocycles. The average molecular weight is 420 g/mol. The summed E-state index contributed by atoms with van der Waals surface area (Å²) < 4.78 is 23.5. The molecule has 150 valence electrons. The van der Waals surface area contributed by atoms with Crippen molar-refractivity contribution in [3.63, 3.8) is 0 Å². The Morgan fingerprint density at radius 2 is 2.26 bits per heavy atom. The van der Waals surface area contributed by atoms with Crippen LogP contribution in [0.2, 0.25) is 0 Å². The van der Waals surface area contributed by atoms with E-state index >= 15 is 0 Å². The fourth-order valence-corrected chi connectivity index (χ4v) is 4.63. The van der Waals surface area contributed by atoms with Crippen molar-refractivity contribution in [2.75, 3.05) is 12.3 Å². The van der Waals surface area contributed by atoms with Crippen LogP contribution < -0.4 is 16.5 Å². The number of aliphatic hydroxyl groups excluding tert-OH is 1. The van der Waals surface area contributed by atoms with Crippen molar-refractivity contribution in [3.05, 3.63) is 16.8 Å². The minimum atomic E-state index is -2.33. The van der Waals surface area contributed by atoms with Gasteiger partial charge < -0.3 is 15.6 Å². The number of carbonyl (C=O) groups is 1. The average Bonchev–Trinajstić information content (AvgIpc) is 2.92. The van der Waals surface area contributed by atoms with Gasteiger partial charge in [0.05, 0.1) is 22.8 Å². The van der Waals surface area contributed by atoms with E-state index in [9.17, 15) is 19.3 Å². The second-order valence-electron chi connectivity index (χ2n) is 6.23. The number of aromatic nitrogens is 3. The van der Waals surface area contributed by atoms with Gasteiger partial charge in [0.2, 0.25) is 5.95 Å². The van der Waals surface area contributed by atoms with E-state index in [1.807, 2.05) is 0 Å². The third kappa shape index (κ3) is 6.22. The number of rotatable bonds is 8. The van der Waals surface area contributed by atoms with Crippen molar-refractivity contribution in [1.29, 1.82) is 0 Å². The number of carbonyl (C=O) groups excluding carboxylic acids is 1. The number of nitrogen functional groups attached to an aromatic ring is 1. The molecular weight excluding hydrogens is 397 g/mol. The molecule has 27 heavy (non-hydrogen) atoms. The lowest BCUT2D eigenvalue weighted by Gasteiger charge is -2.12. The highest BCUT2D eigenvalue weighted by atomic mass is 32.2. The van der Waals surface area contributed by atoms with Crippen molar-refractivity contribution in [3.8, 4) is 0 Å². The molecule has 4 N–H and O–H groups in total. The van der Waals surface area contributed by atoms with E-state index in [2.05, 4.69) is 15.1 Å². The highest BCUT2D eigenvalue weighted by Gasteiger charge is 2.38. The molecule has 1 aliphatic heterocycles. The Labute approximate surface area is 161 Å². The Balaban J connectivity index is 1.84. The second-order valence-corrected chi connectivity index (χ2v) is 8.68. The minimum Gasteiger partial charge on any atom is -0.462 e. The summed E-state index contributed by atoms with van der Waals surface area (Å²) in [5, 5.41) is 11.9. The number of hydrogen-bond donors (Lipinski definition) is 3. The molecule has 1 fully saturated rings. The van der Waals surface area contributed by atoms with E-state index in [0.29, 0.717) is 0 Å². The molecule has 1 aromatic rings. The summed E-state index contributed by atoms with van der Waals surface area (Å²) >= 11 is 1.29. The Hall–Kier alpha value is -1.59. The number of nitrogens with two attached hydrogens (primary N) is 1. The van der Waals surface area contributed by atoms with Gasteiger partial charge in [-0.2, -0.15) is 4.98 Å². The van der Waals surface area contributed by atoms with Gasteiger partial charge in [-0.05, 0) is 25.3 Å². The summed E-state index contributed by atoms with van der Waals surface area (Å²) in [6, 6.07) is -0.796. The molecule has 1 aliphatic rings. The normalized spacial score (nSPS) is 24.0. The highest BCUT2D eigenvalue weighted by molar-refractivity contribution is 8.00. The van der Waals surface area contributed by atoms with Crippen molar-refractivity contribution >= 4 is 31.9 Å².